The summed E-state index contributed by atoms with van der Waals surface area (Å²) in [6.07, 6.45) is 4.99. The van der Waals surface area contributed by atoms with Crippen LogP contribution in [-0.2, 0) is 0 Å². The molecule has 0 radical (unpaired) electrons. The van der Waals surface area contributed by atoms with Gasteiger partial charge in [0.05, 0.1) is 11.8 Å². The first-order chi connectivity index (χ1) is 8.83. The number of halogens is 1. The van der Waals surface area contributed by atoms with E-state index >= 15 is 0 Å². The highest BCUT2D eigenvalue weighted by Gasteiger charge is 2.08. The van der Waals surface area contributed by atoms with Gasteiger partial charge in [0.2, 0.25) is 5.89 Å². The van der Waals surface area contributed by atoms with Crippen LogP contribution in [0.25, 0.3) is 22.8 Å². The lowest BCUT2D eigenvalue weighted by Crippen LogP contribution is -1.77. The fourth-order valence-electron chi connectivity index (χ4n) is 1.64. The highest BCUT2D eigenvalue weighted by atomic mass is 19.1. The van der Waals surface area contributed by atoms with Crippen LogP contribution in [0.4, 0.5) is 4.39 Å². The lowest BCUT2D eigenvalue weighted by Gasteiger charge is -1.96. The molecule has 4 heteroatoms. The first-order valence-electron chi connectivity index (χ1n) is 5.45. The molecule has 2 heterocycles. The number of hydrogen-bond donors (Lipinski definition) is 0. The SMILES string of the molecule is Fc1ccc(-c2cnc(-c3cccnc3)o2)cc1. The Hall–Kier alpha value is -2.49. The summed E-state index contributed by atoms with van der Waals surface area (Å²) in [6.45, 7) is 0. The van der Waals surface area contributed by atoms with Crippen molar-refractivity contribution in [2.45, 2.75) is 0 Å². The zero-order valence-electron chi connectivity index (χ0n) is 9.38. The standard InChI is InChI=1S/C14H9FN2O/c15-12-5-3-10(4-6-12)13-9-17-14(18-13)11-2-1-7-16-8-11/h1-9H. The number of oxazole rings is 1. The number of hydrogen-bond acceptors (Lipinski definition) is 3. The lowest BCUT2D eigenvalue weighted by molar-refractivity contribution is 0.588. The van der Waals surface area contributed by atoms with Crippen molar-refractivity contribution in [2.24, 2.45) is 0 Å². The number of aromatic nitrogens is 2. The Labute approximate surface area is 103 Å². The van der Waals surface area contributed by atoms with Crippen LogP contribution in [0.5, 0.6) is 0 Å². The fraction of sp³-hybridized carbons (Fsp3) is 0. The van der Waals surface area contributed by atoms with Crippen LogP contribution in [-0.4, -0.2) is 9.97 Å². The van der Waals surface area contributed by atoms with Crippen LogP contribution in [0.2, 0.25) is 0 Å². The van der Waals surface area contributed by atoms with Gasteiger partial charge in [0.1, 0.15) is 5.82 Å². The van der Waals surface area contributed by atoms with Gasteiger partial charge in [-0.1, -0.05) is 0 Å². The van der Waals surface area contributed by atoms with E-state index in [-0.39, 0.29) is 5.82 Å². The predicted octanol–water partition coefficient (Wildman–Crippen LogP) is 3.54. The van der Waals surface area contributed by atoms with Gasteiger partial charge in [-0.3, -0.25) is 4.98 Å². The molecule has 0 N–H and O–H groups in total. The van der Waals surface area contributed by atoms with Crippen LogP contribution in [0.1, 0.15) is 0 Å². The smallest absolute Gasteiger partial charge is 0.228 e. The Balaban J connectivity index is 1.97. The Morgan fingerprint density at radius 3 is 2.50 bits per heavy atom. The molecule has 0 saturated heterocycles. The molecule has 0 aliphatic carbocycles. The molecule has 0 fully saturated rings. The zero-order chi connectivity index (χ0) is 12.4. The molecule has 0 unspecified atom stereocenters. The molecule has 3 rings (SSSR count). The van der Waals surface area contributed by atoms with Gasteiger partial charge in [0.25, 0.3) is 0 Å². The van der Waals surface area contributed by atoms with Crippen molar-refractivity contribution < 1.29 is 8.81 Å². The van der Waals surface area contributed by atoms with Gasteiger partial charge in [-0.15, -0.1) is 0 Å². The highest BCUT2D eigenvalue weighted by Crippen LogP contribution is 2.25. The third-order valence-corrected chi connectivity index (χ3v) is 2.54. The second-order valence-corrected chi connectivity index (χ2v) is 3.78. The largest absolute Gasteiger partial charge is 0.436 e. The predicted molar refractivity (Wildman–Crippen MR) is 65.1 cm³/mol. The quantitative estimate of drug-likeness (QED) is 0.687. The average Bonchev–Trinajstić information content (AvgIpc) is 2.90. The Morgan fingerprint density at radius 2 is 1.78 bits per heavy atom. The van der Waals surface area contributed by atoms with E-state index in [0.29, 0.717) is 11.7 Å². The summed E-state index contributed by atoms with van der Waals surface area (Å²) in [6, 6.07) is 9.78. The van der Waals surface area contributed by atoms with Crippen molar-refractivity contribution >= 4 is 0 Å². The Morgan fingerprint density at radius 1 is 0.944 bits per heavy atom. The van der Waals surface area contributed by atoms with Crippen molar-refractivity contribution in [1.82, 2.24) is 9.97 Å². The third-order valence-electron chi connectivity index (χ3n) is 2.54. The van der Waals surface area contributed by atoms with Crippen LogP contribution < -0.4 is 0 Å². The van der Waals surface area contributed by atoms with Crippen molar-refractivity contribution in [2.75, 3.05) is 0 Å². The number of nitrogens with zero attached hydrogens (tertiary/aromatic N) is 2. The van der Waals surface area contributed by atoms with Crippen LogP contribution in [0.15, 0.2) is 59.4 Å². The topological polar surface area (TPSA) is 38.9 Å². The molecule has 0 atom stereocenters. The van der Waals surface area contributed by atoms with Crippen molar-refractivity contribution in [3.8, 4) is 22.8 Å². The van der Waals surface area contributed by atoms with Gasteiger partial charge in [0.15, 0.2) is 5.76 Å². The van der Waals surface area contributed by atoms with E-state index in [2.05, 4.69) is 9.97 Å². The van der Waals surface area contributed by atoms with Gasteiger partial charge in [-0.2, -0.15) is 0 Å². The summed E-state index contributed by atoms with van der Waals surface area (Å²) >= 11 is 0. The van der Waals surface area contributed by atoms with Crippen LogP contribution >= 0.6 is 0 Å². The van der Waals surface area contributed by atoms with Gasteiger partial charge >= 0.3 is 0 Å². The van der Waals surface area contributed by atoms with Crippen molar-refractivity contribution in [3.63, 3.8) is 0 Å². The van der Waals surface area contributed by atoms with E-state index < -0.39 is 0 Å². The van der Waals surface area contributed by atoms with E-state index in [9.17, 15) is 4.39 Å². The van der Waals surface area contributed by atoms with E-state index in [1.807, 2.05) is 12.1 Å². The van der Waals surface area contributed by atoms with Gasteiger partial charge in [-0.05, 0) is 36.4 Å². The molecule has 1 aromatic carbocycles. The molecular formula is C14H9FN2O. The second kappa shape index (κ2) is 4.41. The maximum atomic E-state index is 12.8. The first kappa shape index (κ1) is 10.7. The van der Waals surface area contributed by atoms with Crippen molar-refractivity contribution in [1.29, 1.82) is 0 Å². The normalized spacial score (nSPS) is 10.5. The molecule has 88 valence electrons. The van der Waals surface area contributed by atoms with E-state index in [1.165, 1.54) is 12.1 Å². The minimum absolute atomic E-state index is 0.272. The van der Waals surface area contributed by atoms with Gasteiger partial charge in [0, 0.05) is 18.0 Å². The minimum atomic E-state index is -0.272. The van der Waals surface area contributed by atoms with E-state index in [0.717, 1.165) is 11.1 Å². The number of benzene rings is 1. The summed E-state index contributed by atoms with van der Waals surface area (Å²) in [5.74, 6) is 0.835. The summed E-state index contributed by atoms with van der Waals surface area (Å²) in [5.41, 5.74) is 1.60. The first-order valence-corrected chi connectivity index (χ1v) is 5.45. The van der Waals surface area contributed by atoms with Crippen LogP contribution in [0.3, 0.4) is 0 Å². The number of pyridine rings is 1. The molecule has 18 heavy (non-hydrogen) atoms. The molecule has 2 aromatic heterocycles. The Bertz CT molecular complexity index is 647. The van der Waals surface area contributed by atoms with E-state index in [4.69, 9.17) is 4.42 Å². The summed E-state index contributed by atoms with van der Waals surface area (Å²) in [4.78, 5) is 8.19. The summed E-state index contributed by atoms with van der Waals surface area (Å²) in [5, 5.41) is 0. The molecule has 0 aliphatic heterocycles. The summed E-state index contributed by atoms with van der Waals surface area (Å²) in [7, 11) is 0. The lowest BCUT2D eigenvalue weighted by atomic mass is 10.2. The second-order valence-electron chi connectivity index (χ2n) is 3.78. The molecule has 0 amide bonds. The maximum absolute atomic E-state index is 12.8. The van der Waals surface area contributed by atoms with Crippen LogP contribution in [0, 0.1) is 5.82 Å². The minimum Gasteiger partial charge on any atom is -0.436 e. The average molecular weight is 240 g/mol. The third kappa shape index (κ3) is 2.00. The number of rotatable bonds is 2. The highest BCUT2D eigenvalue weighted by molar-refractivity contribution is 5.60. The molecule has 0 aliphatic rings. The molecule has 0 spiro atoms. The monoisotopic (exact) mass is 240 g/mol. The molecule has 3 aromatic rings. The maximum Gasteiger partial charge on any atom is 0.228 e. The zero-order valence-corrected chi connectivity index (χ0v) is 9.38. The van der Waals surface area contributed by atoms with E-state index in [1.54, 1.807) is 30.7 Å². The molecular weight excluding hydrogens is 231 g/mol. The molecule has 3 nitrogen and oxygen atoms in total. The van der Waals surface area contributed by atoms with Gasteiger partial charge < -0.3 is 4.42 Å². The Kier molecular flexibility index (Phi) is 2.61. The van der Waals surface area contributed by atoms with Gasteiger partial charge in [-0.25, -0.2) is 9.37 Å². The molecule has 0 saturated carbocycles. The fourth-order valence-corrected chi connectivity index (χ4v) is 1.64. The van der Waals surface area contributed by atoms with Crippen molar-refractivity contribution in [3.05, 3.63) is 60.8 Å². The molecule has 0 bridgehead atoms. The summed E-state index contributed by atoms with van der Waals surface area (Å²) < 4.78 is 18.4.